The maximum absolute atomic E-state index is 3.21. The molecule has 84 valence electrons. The normalized spacial score (nSPS) is 23.6. The van der Waals surface area contributed by atoms with Gasteiger partial charge in [0.25, 0.3) is 0 Å². The summed E-state index contributed by atoms with van der Waals surface area (Å²) in [4.78, 5) is 5.15. The highest BCUT2D eigenvalue weighted by atomic mass is 15.2. The van der Waals surface area contributed by atoms with Crippen molar-refractivity contribution in [2.45, 2.75) is 26.3 Å². The highest BCUT2D eigenvalue weighted by Crippen LogP contribution is 2.14. The highest BCUT2D eigenvalue weighted by Gasteiger charge is 2.25. The van der Waals surface area contributed by atoms with Crippen molar-refractivity contribution >= 4 is 0 Å². The second kappa shape index (κ2) is 6.38. The first kappa shape index (κ1) is 12.0. The molecular formula is C11H25N3. The topological polar surface area (TPSA) is 18.5 Å². The largest absolute Gasteiger partial charge is 0.318 e. The Balaban J connectivity index is 2.25. The van der Waals surface area contributed by atoms with E-state index in [2.05, 4.69) is 29.0 Å². The predicted molar refractivity (Wildman–Crippen MR) is 61.7 cm³/mol. The quantitative estimate of drug-likeness (QED) is 0.676. The van der Waals surface area contributed by atoms with Crippen molar-refractivity contribution in [3.8, 4) is 0 Å². The van der Waals surface area contributed by atoms with Gasteiger partial charge in [0.1, 0.15) is 0 Å². The molecule has 0 radical (unpaired) electrons. The van der Waals surface area contributed by atoms with Gasteiger partial charge in [-0.3, -0.25) is 4.90 Å². The number of hydrogen-bond donors (Lipinski definition) is 1. The molecule has 3 nitrogen and oxygen atoms in total. The van der Waals surface area contributed by atoms with Crippen LogP contribution in [0.2, 0.25) is 0 Å². The van der Waals surface area contributed by atoms with Crippen molar-refractivity contribution in [3.63, 3.8) is 0 Å². The minimum atomic E-state index is 0.807. The fourth-order valence-corrected chi connectivity index (χ4v) is 2.32. The molecule has 0 amide bonds. The number of nitrogens with zero attached hydrogens (tertiary/aromatic N) is 2. The van der Waals surface area contributed by atoms with Crippen LogP contribution in [0.1, 0.15) is 20.3 Å². The molecule has 1 rings (SSSR count). The summed E-state index contributed by atoms with van der Waals surface area (Å²) < 4.78 is 0. The molecule has 1 atom stereocenters. The lowest BCUT2D eigenvalue weighted by molar-refractivity contribution is 0.211. The minimum absolute atomic E-state index is 0.807. The minimum Gasteiger partial charge on any atom is -0.318 e. The van der Waals surface area contributed by atoms with Gasteiger partial charge in [-0.2, -0.15) is 0 Å². The Morgan fingerprint density at radius 2 is 2.07 bits per heavy atom. The fourth-order valence-electron chi connectivity index (χ4n) is 2.32. The van der Waals surface area contributed by atoms with Crippen LogP contribution >= 0.6 is 0 Å². The molecule has 0 bridgehead atoms. The Kier molecular flexibility index (Phi) is 5.45. The van der Waals surface area contributed by atoms with E-state index in [4.69, 9.17) is 0 Å². The van der Waals surface area contributed by atoms with E-state index in [0.29, 0.717) is 0 Å². The summed E-state index contributed by atoms with van der Waals surface area (Å²) in [7, 11) is 2.03. The third-order valence-corrected chi connectivity index (χ3v) is 3.25. The molecule has 1 fully saturated rings. The lowest BCUT2D eigenvalue weighted by Crippen LogP contribution is -2.38. The lowest BCUT2D eigenvalue weighted by atomic mass is 10.2. The maximum Gasteiger partial charge on any atom is 0.0235 e. The van der Waals surface area contributed by atoms with Gasteiger partial charge in [-0.15, -0.1) is 0 Å². The van der Waals surface area contributed by atoms with Crippen LogP contribution in [0.5, 0.6) is 0 Å². The van der Waals surface area contributed by atoms with Gasteiger partial charge >= 0.3 is 0 Å². The van der Waals surface area contributed by atoms with Crippen LogP contribution < -0.4 is 5.32 Å². The average molecular weight is 199 g/mol. The maximum atomic E-state index is 3.21. The van der Waals surface area contributed by atoms with Crippen LogP contribution in [-0.2, 0) is 0 Å². The molecule has 0 spiro atoms. The van der Waals surface area contributed by atoms with E-state index in [9.17, 15) is 0 Å². The average Bonchev–Trinajstić information content (AvgIpc) is 2.65. The highest BCUT2D eigenvalue weighted by molar-refractivity contribution is 4.82. The molecule has 1 unspecified atom stereocenters. The van der Waals surface area contributed by atoms with Crippen LogP contribution in [-0.4, -0.2) is 62.2 Å². The molecule has 14 heavy (non-hydrogen) atoms. The molecule has 1 N–H and O–H groups in total. The van der Waals surface area contributed by atoms with Crippen molar-refractivity contribution in [2.75, 3.05) is 46.3 Å². The van der Waals surface area contributed by atoms with Crippen molar-refractivity contribution in [1.82, 2.24) is 15.1 Å². The molecule has 3 heteroatoms. The second-order valence-electron chi connectivity index (χ2n) is 4.07. The van der Waals surface area contributed by atoms with E-state index in [0.717, 1.165) is 12.6 Å². The van der Waals surface area contributed by atoms with Gasteiger partial charge in [-0.05, 0) is 33.1 Å². The predicted octanol–water partition coefficient (Wildman–Crippen LogP) is 0.622. The van der Waals surface area contributed by atoms with Crippen molar-refractivity contribution < 1.29 is 0 Å². The third-order valence-electron chi connectivity index (χ3n) is 3.25. The Bertz CT molecular complexity index is 145. The summed E-state index contributed by atoms with van der Waals surface area (Å²) in [6, 6.07) is 0.807. The van der Waals surface area contributed by atoms with Crippen molar-refractivity contribution in [2.24, 2.45) is 0 Å². The second-order valence-corrected chi connectivity index (χ2v) is 4.07. The van der Waals surface area contributed by atoms with Crippen LogP contribution in [0.15, 0.2) is 0 Å². The zero-order valence-electron chi connectivity index (χ0n) is 9.92. The zero-order chi connectivity index (χ0) is 10.4. The standard InChI is InChI=1S/C11H25N3/c1-4-14(5-2)11-6-8-13(10-11)9-7-12-3/h11-12H,4-10H2,1-3H3. The molecule has 1 saturated heterocycles. The Morgan fingerprint density at radius 1 is 1.36 bits per heavy atom. The van der Waals surface area contributed by atoms with E-state index < -0.39 is 0 Å². The van der Waals surface area contributed by atoms with Crippen LogP contribution in [0.4, 0.5) is 0 Å². The van der Waals surface area contributed by atoms with Crippen LogP contribution in [0, 0.1) is 0 Å². The molecule has 0 aromatic rings. The zero-order valence-corrected chi connectivity index (χ0v) is 9.92. The first-order valence-corrected chi connectivity index (χ1v) is 5.92. The van der Waals surface area contributed by atoms with E-state index >= 15 is 0 Å². The number of hydrogen-bond acceptors (Lipinski definition) is 3. The first-order chi connectivity index (χ1) is 6.81. The molecule has 0 saturated carbocycles. The Hall–Kier alpha value is -0.120. The molecule has 1 aliphatic rings. The Labute approximate surface area is 88.5 Å². The summed E-state index contributed by atoms with van der Waals surface area (Å²) in [5, 5.41) is 3.21. The van der Waals surface area contributed by atoms with Gasteiger partial charge in [0.2, 0.25) is 0 Å². The molecule has 0 aromatic heterocycles. The van der Waals surface area contributed by atoms with Gasteiger partial charge < -0.3 is 10.2 Å². The molecular weight excluding hydrogens is 174 g/mol. The van der Waals surface area contributed by atoms with Crippen molar-refractivity contribution in [3.05, 3.63) is 0 Å². The van der Waals surface area contributed by atoms with Crippen LogP contribution in [0.25, 0.3) is 0 Å². The van der Waals surface area contributed by atoms with Crippen molar-refractivity contribution in [1.29, 1.82) is 0 Å². The summed E-state index contributed by atoms with van der Waals surface area (Å²) in [6.07, 6.45) is 1.35. The molecule has 1 heterocycles. The summed E-state index contributed by atoms with van der Waals surface area (Å²) in [5.41, 5.74) is 0. The fraction of sp³-hybridized carbons (Fsp3) is 1.00. The van der Waals surface area contributed by atoms with Gasteiger partial charge in [0.05, 0.1) is 0 Å². The lowest BCUT2D eigenvalue weighted by Gasteiger charge is -2.26. The van der Waals surface area contributed by atoms with Crippen LogP contribution in [0.3, 0.4) is 0 Å². The molecule has 0 aliphatic carbocycles. The molecule has 0 aromatic carbocycles. The summed E-state index contributed by atoms with van der Waals surface area (Å²) >= 11 is 0. The number of nitrogens with one attached hydrogen (secondary N) is 1. The Morgan fingerprint density at radius 3 is 2.64 bits per heavy atom. The van der Waals surface area contributed by atoms with E-state index in [-0.39, 0.29) is 0 Å². The van der Waals surface area contributed by atoms with E-state index in [1.165, 1.54) is 39.1 Å². The van der Waals surface area contributed by atoms with E-state index in [1.54, 1.807) is 0 Å². The summed E-state index contributed by atoms with van der Waals surface area (Å²) in [5.74, 6) is 0. The molecule has 1 aliphatic heterocycles. The smallest absolute Gasteiger partial charge is 0.0235 e. The van der Waals surface area contributed by atoms with Gasteiger partial charge in [0, 0.05) is 25.7 Å². The summed E-state index contributed by atoms with van der Waals surface area (Å²) in [6.45, 7) is 11.8. The first-order valence-electron chi connectivity index (χ1n) is 5.92. The van der Waals surface area contributed by atoms with Gasteiger partial charge in [0.15, 0.2) is 0 Å². The monoisotopic (exact) mass is 199 g/mol. The van der Waals surface area contributed by atoms with E-state index in [1.807, 2.05) is 7.05 Å². The number of likely N-dealkylation sites (N-methyl/N-ethyl adjacent to an activating group) is 2. The number of rotatable bonds is 6. The van der Waals surface area contributed by atoms with Gasteiger partial charge in [-0.1, -0.05) is 13.8 Å². The van der Waals surface area contributed by atoms with Gasteiger partial charge in [-0.25, -0.2) is 0 Å². The SMILES string of the molecule is CCN(CC)C1CCN(CCNC)C1. The number of likely N-dealkylation sites (tertiary alicyclic amines) is 1. The third kappa shape index (κ3) is 3.23.